The molecule has 6 heteroatoms. The third kappa shape index (κ3) is 4.00. The van der Waals surface area contributed by atoms with E-state index in [1.807, 2.05) is 30.6 Å². The standard InChI is InChI=1S/C25H28N4O2/c1-28-13-10-18(14-23(28)30)21-9-12-26-15-22(21)25(31)29(20-7-8-20)16-19-5-2-4-17-6-3-11-27-24(17)19/h2-6,10-11,13-14,20-22,26H,7-9,12,15-16H2,1H3/t21-,22?/m1/s1. The zero-order valence-corrected chi connectivity index (χ0v) is 17.8. The highest BCUT2D eigenvalue weighted by atomic mass is 16.2. The second-order valence-electron chi connectivity index (χ2n) is 8.80. The molecule has 1 aliphatic heterocycles. The third-order valence-electron chi connectivity index (χ3n) is 6.68. The van der Waals surface area contributed by atoms with Crippen LogP contribution in [0.2, 0.25) is 0 Å². The van der Waals surface area contributed by atoms with Crippen LogP contribution in [0.5, 0.6) is 0 Å². The lowest BCUT2D eigenvalue weighted by Crippen LogP contribution is -2.47. The summed E-state index contributed by atoms with van der Waals surface area (Å²) in [6.07, 6.45) is 6.59. The summed E-state index contributed by atoms with van der Waals surface area (Å²) in [7, 11) is 1.75. The Hall–Kier alpha value is -2.99. The van der Waals surface area contributed by atoms with E-state index in [2.05, 4.69) is 33.4 Å². The zero-order valence-electron chi connectivity index (χ0n) is 17.8. The van der Waals surface area contributed by atoms with Crippen LogP contribution >= 0.6 is 0 Å². The number of nitrogens with zero attached hydrogens (tertiary/aromatic N) is 3. The normalized spacial score (nSPS) is 21.2. The number of carbonyl (C=O) groups is 1. The fourth-order valence-electron chi connectivity index (χ4n) is 4.78. The van der Waals surface area contributed by atoms with Gasteiger partial charge in [0, 0.05) is 50.0 Å². The van der Waals surface area contributed by atoms with Crippen LogP contribution < -0.4 is 10.9 Å². The maximum absolute atomic E-state index is 13.8. The van der Waals surface area contributed by atoms with Gasteiger partial charge in [-0.2, -0.15) is 0 Å². The molecule has 5 rings (SSSR count). The molecule has 1 aromatic carbocycles. The van der Waals surface area contributed by atoms with Crippen molar-refractivity contribution in [1.82, 2.24) is 19.8 Å². The molecule has 1 amide bonds. The van der Waals surface area contributed by atoms with Crippen LogP contribution in [0.25, 0.3) is 10.9 Å². The van der Waals surface area contributed by atoms with E-state index in [0.29, 0.717) is 19.1 Å². The van der Waals surface area contributed by atoms with Crippen LogP contribution in [-0.4, -0.2) is 39.5 Å². The summed E-state index contributed by atoms with van der Waals surface area (Å²) in [4.78, 5) is 32.7. The van der Waals surface area contributed by atoms with Crippen molar-refractivity contribution in [2.75, 3.05) is 13.1 Å². The van der Waals surface area contributed by atoms with Crippen molar-refractivity contribution >= 4 is 16.8 Å². The first-order chi connectivity index (χ1) is 15.1. The Morgan fingerprint density at radius 3 is 2.84 bits per heavy atom. The molecule has 3 heterocycles. The predicted octanol–water partition coefficient (Wildman–Crippen LogP) is 2.82. The Morgan fingerprint density at radius 1 is 1.19 bits per heavy atom. The molecule has 2 aliphatic rings. The van der Waals surface area contributed by atoms with Crippen LogP contribution in [0.15, 0.2) is 59.7 Å². The highest BCUT2D eigenvalue weighted by molar-refractivity contribution is 5.84. The summed E-state index contributed by atoms with van der Waals surface area (Å²) in [5.74, 6) is 0.0900. The molecule has 31 heavy (non-hydrogen) atoms. The molecule has 3 aromatic rings. The van der Waals surface area contributed by atoms with Gasteiger partial charge in [-0.1, -0.05) is 24.3 Å². The molecular weight excluding hydrogens is 388 g/mol. The van der Waals surface area contributed by atoms with Crippen molar-refractivity contribution in [3.05, 3.63) is 76.3 Å². The van der Waals surface area contributed by atoms with E-state index in [1.54, 1.807) is 17.7 Å². The number of hydrogen-bond acceptors (Lipinski definition) is 4. The molecule has 1 unspecified atom stereocenters. The van der Waals surface area contributed by atoms with Crippen molar-refractivity contribution in [3.63, 3.8) is 0 Å². The highest BCUT2D eigenvalue weighted by Gasteiger charge is 2.40. The Morgan fingerprint density at radius 2 is 2.03 bits per heavy atom. The molecule has 1 saturated carbocycles. The van der Waals surface area contributed by atoms with Crippen LogP contribution in [0, 0.1) is 5.92 Å². The molecule has 1 saturated heterocycles. The average Bonchev–Trinajstić information content (AvgIpc) is 3.64. The average molecular weight is 417 g/mol. The summed E-state index contributed by atoms with van der Waals surface area (Å²) in [5, 5.41) is 4.50. The molecule has 2 aromatic heterocycles. The minimum atomic E-state index is -0.163. The van der Waals surface area contributed by atoms with Crippen molar-refractivity contribution < 1.29 is 4.79 Å². The van der Waals surface area contributed by atoms with E-state index in [1.165, 1.54) is 0 Å². The first-order valence-electron chi connectivity index (χ1n) is 11.1. The zero-order chi connectivity index (χ0) is 21.4. The smallest absolute Gasteiger partial charge is 0.250 e. The van der Waals surface area contributed by atoms with Gasteiger partial charge in [-0.3, -0.25) is 14.6 Å². The van der Waals surface area contributed by atoms with Gasteiger partial charge < -0.3 is 14.8 Å². The first-order valence-corrected chi connectivity index (χ1v) is 11.1. The van der Waals surface area contributed by atoms with E-state index in [9.17, 15) is 9.59 Å². The van der Waals surface area contributed by atoms with Gasteiger partial charge in [0.25, 0.3) is 5.56 Å². The van der Waals surface area contributed by atoms with E-state index >= 15 is 0 Å². The lowest BCUT2D eigenvalue weighted by Gasteiger charge is -2.35. The van der Waals surface area contributed by atoms with Gasteiger partial charge in [-0.15, -0.1) is 0 Å². The Labute approximate surface area is 181 Å². The molecule has 0 radical (unpaired) electrons. The topological polar surface area (TPSA) is 67.2 Å². The lowest BCUT2D eigenvalue weighted by atomic mass is 9.80. The first kappa shape index (κ1) is 19.9. The monoisotopic (exact) mass is 416 g/mol. The SMILES string of the molecule is Cn1ccc([C@H]2CCNCC2C(=O)N(Cc2cccc3cccnc23)C2CC2)cc1=O. The molecular formula is C25H28N4O2. The third-order valence-corrected chi connectivity index (χ3v) is 6.68. The summed E-state index contributed by atoms with van der Waals surface area (Å²) in [6.45, 7) is 2.09. The maximum Gasteiger partial charge on any atom is 0.250 e. The largest absolute Gasteiger partial charge is 0.335 e. The molecule has 1 N–H and O–H groups in total. The fourth-order valence-corrected chi connectivity index (χ4v) is 4.78. The molecule has 0 bridgehead atoms. The van der Waals surface area contributed by atoms with Crippen LogP contribution in [-0.2, 0) is 18.4 Å². The van der Waals surface area contributed by atoms with Gasteiger partial charge in [-0.05, 0) is 55.0 Å². The number of carbonyl (C=O) groups excluding carboxylic acids is 1. The fraction of sp³-hybridized carbons (Fsp3) is 0.400. The van der Waals surface area contributed by atoms with Gasteiger partial charge in [-0.25, -0.2) is 0 Å². The van der Waals surface area contributed by atoms with Gasteiger partial charge >= 0.3 is 0 Å². The summed E-state index contributed by atoms with van der Waals surface area (Å²) < 4.78 is 1.57. The van der Waals surface area contributed by atoms with Crippen LogP contribution in [0.3, 0.4) is 0 Å². The number of piperidine rings is 1. The van der Waals surface area contributed by atoms with Crippen LogP contribution in [0.1, 0.15) is 36.3 Å². The van der Waals surface area contributed by atoms with Gasteiger partial charge in [0.2, 0.25) is 5.91 Å². The second kappa shape index (κ2) is 8.27. The molecule has 2 atom stereocenters. The summed E-state index contributed by atoms with van der Waals surface area (Å²) in [5.41, 5.74) is 3.01. The van der Waals surface area contributed by atoms with Crippen LogP contribution in [0.4, 0.5) is 0 Å². The molecule has 0 spiro atoms. The second-order valence-corrected chi connectivity index (χ2v) is 8.80. The Balaban J connectivity index is 1.45. The number of nitrogens with one attached hydrogen (secondary N) is 1. The summed E-state index contributed by atoms with van der Waals surface area (Å²) >= 11 is 0. The number of para-hydroxylation sites is 1. The number of aryl methyl sites for hydroxylation is 1. The molecule has 6 nitrogen and oxygen atoms in total. The number of fused-ring (bicyclic) bond motifs is 1. The van der Waals surface area contributed by atoms with E-state index < -0.39 is 0 Å². The molecule has 1 aliphatic carbocycles. The number of benzene rings is 1. The maximum atomic E-state index is 13.8. The molecule has 160 valence electrons. The van der Waals surface area contributed by atoms with E-state index in [0.717, 1.165) is 47.8 Å². The number of hydrogen-bond donors (Lipinski definition) is 1. The Bertz CT molecular complexity index is 1160. The number of rotatable bonds is 5. The lowest BCUT2D eigenvalue weighted by molar-refractivity contribution is -0.138. The number of amides is 1. The van der Waals surface area contributed by atoms with Gasteiger partial charge in [0.05, 0.1) is 11.4 Å². The highest BCUT2D eigenvalue weighted by Crippen LogP contribution is 2.36. The van der Waals surface area contributed by atoms with E-state index in [-0.39, 0.29) is 23.3 Å². The minimum Gasteiger partial charge on any atom is -0.335 e. The Kier molecular flexibility index (Phi) is 5.32. The number of aromatic nitrogens is 2. The quantitative estimate of drug-likeness (QED) is 0.695. The van der Waals surface area contributed by atoms with Crippen molar-refractivity contribution in [2.24, 2.45) is 13.0 Å². The van der Waals surface area contributed by atoms with Crippen molar-refractivity contribution in [2.45, 2.75) is 37.8 Å². The minimum absolute atomic E-state index is 0.0249. The van der Waals surface area contributed by atoms with Gasteiger partial charge in [0.1, 0.15) is 0 Å². The predicted molar refractivity (Wildman–Crippen MR) is 121 cm³/mol. The molecule has 2 fully saturated rings. The van der Waals surface area contributed by atoms with E-state index in [4.69, 9.17) is 0 Å². The van der Waals surface area contributed by atoms with Crippen molar-refractivity contribution in [1.29, 1.82) is 0 Å². The number of pyridine rings is 2. The van der Waals surface area contributed by atoms with Crippen molar-refractivity contribution in [3.8, 4) is 0 Å². The van der Waals surface area contributed by atoms with Gasteiger partial charge in [0.15, 0.2) is 0 Å². The summed E-state index contributed by atoms with van der Waals surface area (Å²) in [6, 6.07) is 14.2.